The van der Waals surface area contributed by atoms with Crippen molar-refractivity contribution in [2.24, 2.45) is 0 Å². The monoisotopic (exact) mass is 752 g/mol. The second-order valence-electron chi connectivity index (χ2n) is 15.5. The van der Waals surface area contributed by atoms with E-state index in [0.717, 1.165) is 22.1 Å². The summed E-state index contributed by atoms with van der Waals surface area (Å²) in [5, 5.41) is 17.5. The molecule has 2 heteroatoms. The van der Waals surface area contributed by atoms with E-state index in [4.69, 9.17) is 4.42 Å². The van der Waals surface area contributed by atoms with Crippen molar-refractivity contribution in [1.82, 2.24) is 0 Å². The van der Waals surface area contributed by atoms with Crippen LogP contribution in [0, 0.1) is 0 Å². The molecule has 0 aliphatic carbocycles. The summed E-state index contributed by atoms with van der Waals surface area (Å²) < 4.78 is 9.33. The van der Waals surface area contributed by atoms with E-state index in [-0.39, 0.29) is 0 Å². The highest BCUT2D eigenvalue weighted by atomic mass is 32.1. The average molecular weight is 753 g/mol. The molecule has 0 bridgehead atoms. The highest BCUT2D eigenvalue weighted by molar-refractivity contribution is 7.26. The molecule has 0 atom stereocenters. The average Bonchev–Trinajstić information content (AvgIpc) is 3.86. The second kappa shape index (κ2) is 12.1. The van der Waals surface area contributed by atoms with Crippen LogP contribution in [-0.2, 0) is 0 Å². The number of rotatable bonds is 3. The minimum Gasteiger partial charge on any atom is -0.456 e. The van der Waals surface area contributed by atoms with Gasteiger partial charge in [-0.1, -0.05) is 158 Å². The van der Waals surface area contributed by atoms with Gasteiger partial charge in [0.15, 0.2) is 0 Å². The van der Waals surface area contributed by atoms with Crippen molar-refractivity contribution in [3.63, 3.8) is 0 Å². The maximum absolute atomic E-state index is 6.68. The molecule has 13 rings (SSSR count). The third-order valence-electron chi connectivity index (χ3n) is 12.5. The Bertz CT molecular complexity index is 3800. The van der Waals surface area contributed by atoms with Crippen molar-refractivity contribution in [1.29, 1.82) is 0 Å². The minimum absolute atomic E-state index is 0.907. The van der Waals surface area contributed by atoms with Crippen LogP contribution in [0.15, 0.2) is 199 Å². The molecule has 0 saturated heterocycles. The zero-order chi connectivity index (χ0) is 37.9. The lowest BCUT2D eigenvalue weighted by molar-refractivity contribution is 0.669. The largest absolute Gasteiger partial charge is 0.456 e. The molecule has 0 spiro atoms. The van der Waals surface area contributed by atoms with Gasteiger partial charge in [-0.05, 0) is 124 Å². The van der Waals surface area contributed by atoms with Gasteiger partial charge in [0.2, 0.25) is 0 Å². The first-order valence-electron chi connectivity index (χ1n) is 19.9. The summed E-state index contributed by atoms with van der Waals surface area (Å²) in [6.07, 6.45) is 0. The summed E-state index contributed by atoms with van der Waals surface area (Å²) in [6.45, 7) is 0. The van der Waals surface area contributed by atoms with Crippen LogP contribution in [0.4, 0.5) is 0 Å². The second-order valence-corrected chi connectivity index (χ2v) is 16.5. The van der Waals surface area contributed by atoms with Crippen molar-refractivity contribution >= 4 is 107 Å². The smallest absolute Gasteiger partial charge is 0.136 e. The third-order valence-corrected chi connectivity index (χ3v) is 13.6. The van der Waals surface area contributed by atoms with Gasteiger partial charge in [0, 0.05) is 30.9 Å². The van der Waals surface area contributed by atoms with Crippen LogP contribution in [0.3, 0.4) is 0 Å². The molecule has 0 aliphatic rings. The van der Waals surface area contributed by atoms with Crippen molar-refractivity contribution in [3.05, 3.63) is 194 Å². The zero-order valence-corrected chi connectivity index (χ0v) is 32.1. The van der Waals surface area contributed by atoms with E-state index in [2.05, 4.69) is 194 Å². The predicted octanol–water partition coefficient (Wildman–Crippen LogP) is 16.7. The third kappa shape index (κ3) is 4.46. The van der Waals surface area contributed by atoms with Crippen LogP contribution in [0.5, 0.6) is 0 Å². The zero-order valence-electron chi connectivity index (χ0n) is 31.3. The maximum atomic E-state index is 6.68. The SMILES string of the molecule is c1ccc2c(-c3c4ccccc4c(-c4ccc(-c5ccc6c(c5)oc5ccc7c(ccc8sc9ccccc9c87)c56)c5ccccc45)c4ccccc34)cccc2c1. The van der Waals surface area contributed by atoms with Crippen LogP contribution in [0.1, 0.15) is 0 Å². The molecule has 11 aromatic carbocycles. The van der Waals surface area contributed by atoms with E-state index in [0.29, 0.717) is 0 Å². The van der Waals surface area contributed by atoms with Crippen LogP contribution in [0.25, 0.3) is 129 Å². The molecule has 0 unspecified atom stereocenters. The number of benzene rings is 11. The fourth-order valence-corrected chi connectivity index (χ4v) is 11.1. The molecule has 0 saturated carbocycles. The Hall–Kier alpha value is -7.26. The number of thiophene rings is 1. The Balaban J connectivity index is 1.02. The van der Waals surface area contributed by atoms with Crippen LogP contribution in [0.2, 0.25) is 0 Å². The van der Waals surface area contributed by atoms with Crippen LogP contribution in [-0.4, -0.2) is 0 Å². The Morgan fingerprint density at radius 1 is 0.293 bits per heavy atom. The van der Waals surface area contributed by atoms with Crippen molar-refractivity contribution in [2.75, 3.05) is 0 Å². The number of hydrogen-bond acceptors (Lipinski definition) is 2. The first-order chi connectivity index (χ1) is 28.8. The van der Waals surface area contributed by atoms with E-state index in [1.54, 1.807) is 0 Å². The molecule has 2 heterocycles. The van der Waals surface area contributed by atoms with Crippen molar-refractivity contribution in [2.45, 2.75) is 0 Å². The van der Waals surface area contributed by atoms with Crippen LogP contribution < -0.4 is 0 Å². The summed E-state index contributed by atoms with van der Waals surface area (Å²) in [5.41, 5.74) is 9.22. The Morgan fingerprint density at radius 3 is 1.57 bits per heavy atom. The molecule has 0 aliphatic heterocycles. The summed E-state index contributed by atoms with van der Waals surface area (Å²) in [6, 6.07) is 71.4. The fourth-order valence-electron chi connectivity index (χ4n) is 9.99. The summed E-state index contributed by atoms with van der Waals surface area (Å²) in [5.74, 6) is 0. The van der Waals surface area contributed by atoms with Crippen LogP contribution >= 0.6 is 11.3 Å². The molecule has 1 nitrogen and oxygen atoms in total. The Morgan fingerprint density at radius 2 is 0.828 bits per heavy atom. The van der Waals surface area contributed by atoms with E-state index < -0.39 is 0 Å². The van der Waals surface area contributed by atoms with E-state index >= 15 is 0 Å². The molecule has 0 N–H and O–H groups in total. The summed E-state index contributed by atoms with van der Waals surface area (Å²) >= 11 is 1.86. The Kier molecular flexibility index (Phi) is 6.66. The predicted molar refractivity (Wildman–Crippen MR) is 250 cm³/mol. The first kappa shape index (κ1) is 31.9. The van der Waals surface area contributed by atoms with E-state index in [1.165, 1.54) is 107 Å². The van der Waals surface area contributed by atoms with Gasteiger partial charge in [-0.25, -0.2) is 0 Å². The standard InChI is InChI=1S/C56H32OS/c1-2-14-35-33(12-1)13-11-22-39(35)53-40-17-5-7-19-42(40)54(43-20-8-6-18-41(43)53)44-27-26-36(37-15-3-4-16-38(37)44)34-24-25-47-50(32-34)57-49-30-28-46-45(55(47)49)29-31-52-56(46)48-21-9-10-23-51(48)58-52/h1-32H. The lowest BCUT2D eigenvalue weighted by atomic mass is 9.83. The minimum atomic E-state index is 0.907. The van der Waals surface area contributed by atoms with Gasteiger partial charge < -0.3 is 4.42 Å². The van der Waals surface area contributed by atoms with Gasteiger partial charge in [0.25, 0.3) is 0 Å². The topological polar surface area (TPSA) is 13.1 Å². The summed E-state index contributed by atoms with van der Waals surface area (Å²) in [4.78, 5) is 0. The highest BCUT2D eigenvalue weighted by Gasteiger charge is 2.21. The molecule has 2 aromatic heterocycles. The lowest BCUT2D eigenvalue weighted by Gasteiger charge is -2.20. The molecule has 268 valence electrons. The van der Waals surface area contributed by atoms with Gasteiger partial charge in [-0.3, -0.25) is 0 Å². The van der Waals surface area contributed by atoms with E-state index in [9.17, 15) is 0 Å². The number of furan rings is 1. The molecule has 0 fully saturated rings. The highest BCUT2D eigenvalue weighted by Crippen LogP contribution is 2.48. The lowest BCUT2D eigenvalue weighted by Crippen LogP contribution is -1.93. The number of fused-ring (bicyclic) bond motifs is 13. The van der Waals surface area contributed by atoms with Gasteiger partial charge in [-0.2, -0.15) is 0 Å². The fraction of sp³-hybridized carbons (Fsp3) is 0. The van der Waals surface area contributed by atoms with Gasteiger partial charge in [0.1, 0.15) is 11.2 Å². The van der Waals surface area contributed by atoms with E-state index in [1.807, 2.05) is 11.3 Å². The van der Waals surface area contributed by atoms with Gasteiger partial charge in [-0.15, -0.1) is 11.3 Å². The Labute approximate surface area is 337 Å². The van der Waals surface area contributed by atoms with Crippen molar-refractivity contribution < 1.29 is 4.42 Å². The van der Waals surface area contributed by atoms with Gasteiger partial charge >= 0.3 is 0 Å². The summed E-state index contributed by atoms with van der Waals surface area (Å²) in [7, 11) is 0. The first-order valence-corrected chi connectivity index (χ1v) is 20.7. The molecule has 58 heavy (non-hydrogen) atoms. The normalized spacial score (nSPS) is 12.1. The quantitative estimate of drug-likeness (QED) is 0.164. The molecule has 0 radical (unpaired) electrons. The molecule has 13 aromatic rings. The molecular formula is C56H32OS. The van der Waals surface area contributed by atoms with Gasteiger partial charge in [0.05, 0.1) is 0 Å². The van der Waals surface area contributed by atoms with Crippen molar-refractivity contribution in [3.8, 4) is 33.4 Å². The molecule has 0 amide bonds. The number of hydrogen-bond donors (Lipinski definition) is 0. The maximum Gasteiger partial charge on any atom is 0.136 e. The molecular weight excluding hydrogens is 721 g/mol.